The zero-order valence-corrected chi connectivity index (χ0v) is 18.3. The fraction of sp³-hybridized carbons (Fsp3) is 0.240. The van der Waals surface area contributed by atoms with E-state index in [1.807, 2.05) is 24.3 Å². The van der Waals surface area contributed by atoms with Crippen molar-refractivity contribution in [1.82, 2.24) is 4.57 Å². The first-order chi connectivity index (χ1) is 15.6. The van der Waals surface area contributed by atoms with Gasteiger partial charge in [0.25, 0.3) is 5.56 Å². The van der Waals surface area contributed by atoms with Gasteiger partial charge in [0, 0.05) is 35.4 Å². The lowest BCUT2D eigenvalue weighted by Gasteiger charge is -2.15. The highest BCUT2D eigenvalue weighted by Gasteiger charge is 2.18. The van der Waals surface area contributed by atoms with Gasteiger partial charge in [0.2, 0.25) is 0 Å². The van der Waals surface area contributed by atoms with Crippen LogP contribution in [0.25, 0.3) is 28.0 Å². The van der Waals surface area contributed by atoms with Crippen molar-refractivity contribution in [3.05, 3.63) is 76.2 Å². The van der Waals surface area contributed by atoms with Gasteiger partial charge in [-0.3, -0.25) is 9.36 Å². The number of rotatable bonds is 6. The van der Waals surface area contributed by atoms with Gasteiger partial charge in [-0.25, -0.2) is 0 Å². The van der Waals surface area contributed by atoms with E-state index in [1.165, 1.54) is 0 Å². The molecule has 2 aromatic heterocycles. The second kappa shape index (κ2) is 8.73. The molecule has 3 heterocycles. The summed E-state index contributed by atoms with van der Waals surface area (Å²) >= 11 is 5.97. The van der Waals surface area contributed by atoms with Gasteiger partial charge in [0.1, 0.15) is 11.3 Å². The van der Waals surface area contributed by atoms with Crippen LogP contribution in [0.4, 0.5) is 0 Å². The number of pyridine rings is 1. The Labute approximate surface area is 189 Å². The molecule has 6 nitrogen and oxygen atoms in total. The quantitative estimate of drug-likeness (QED) is 0.396. The maximum atomic E-state index is 13.2. The number of methoxy groups -OCH3 is 1. The number of hydrogen-bond donors (Lipinski definition) is 0. The fourth-order valence-corrected chi connectivity index (χ4v) is 3.97. The summed E-state index contributed by atoms with van der Waals surface area (Å²) in [7, 11) is 1.59. The summed E-state index contributed by atoms with van der Waals surface area (Å²) in [4.78, 5) is 13.2. The molecular formula is C25H22ClNO5. The fourth-order valence-electron chi connectivity index (χ4n) is 3.84. The Morgan fingerprint density at radius 3 is 2.69 bits per heavy atom. The molecule has 1 fully saturated rings. The maximum absolute atomic E-state index is 13.2. The summed E-state index contributed by atoms with van der Waals surface area (Å²) in [6.07, 6.45) is 2.70. The Hall–Kier alpha value is -3.22. The topological polar surface area (TPSA) is 62.8 Å². The van der Waals surface area contributed by atoms with Gasteiger partial charge < -0.3 is 18.6 Å². The number of hydrogen-bond acceptors (Lipinski definition) is 5. The van der Waals surface area contributed by atoms with Crippen molar-refractivity contribution in [2.75, 3.05) is 26.9 Å². The second-order valence-electron chi connectivity index (χ2n) is 7.76. The predicted octanol–water partition coefficient (Wildman–Crippen LogP) is 5.33. The van der Waals surface area contributed by atoms with Crippen LogP contribution >= 0.6 is 11.6 Å². The van der Waals surface area contributed by atoms with Crippen LogP contribution in [0.3, 0.4) is 0 Å². The smallest absolute Gasteiger partial charge is 0.266 e. The van der Waals surface area contributed by atoms with Crippen LogP contribution < -0.4 is 15.0 Å². The monoisotopic (exact) mass is 451 g/mol. The van der Waals surface area contributed by atoms with E-state index in [2.05, 4.69) is 0 Å². The van der Waals surface area contributed by atoms with Gasteiger partial charge in [0.05, 0.1) is 31.4 Å². The van der Waals surface area contributed by atoms with Gasteiger partial charge >= 0.3 is 0 Å². The molecular weight excluding hydrogens is 430 g/mol. The van der Waals surface area contributed by atoms with Crippen molar-refractivity contribution in [2.24, 2.45) is 5.92 Å². The molecule has 5 rings (SSSR count). The van der Waals surface area contributed by atoms with E-state index >= 15 is 0 Å². The number of halogens is 1. The zero-order chi connectivity index (χ0) is 22.1. The summed E-state index contributed by atoms with van der Waals surface area (Å²) in [6, 6.07) is 16.3. The van der Waals surface area contributed by atoms with Crippen molar-refractivity contribution in [3.8, 4) is 28.5 Å². The van der Waals surface area contributed by atoms with Crippen molar-refractivity contribution < 1.29 is 18.6 Å². The van der Waals surface area contributed by atoms with E-state index in [4.69, 9.17) is 30.2 Å². The molecule has 0 bridgehead atoms. The van der Waals surface area contributed by atoms with E-state index in [-0.39, 0.29) is 5.56 Å². The molecule has 0 N–H and O–H groups in total. The predicted molar refractivity (Wildman–Crippen MR) is 123 cm³/mol. The summed E-state index contributed by atoms with van der Waals surface area (Å²) in [5, 5.41) is 1.14. The van der Waals surface area contributed by atoms with Crippen LogP contribution in [0.15, 0.2) is 70.0 Å². The van der Waals surface area contributed by atoms with Crippen molar-refractivity contribution in [1.29, 1.82) is 0 Å². The van der Waals surface area contributed by atoms with Crippen LogP contribution in [0, 0.1) is 5.92 Å². The summed E-state index contributed by atoms with van der Waals surface area (Å²) in [6.45, 7) is 2.08. The molecule has 1 aliphatic heterocycles. The molecule has 4 aromatic rings. The molecule has 1 unspecified atom stereocenters. The molecule has 1 saturated heterocycles. The van der Waals surface area contributed by atoms with Gasteiger partial charge in [-0.05, 0) is 55.0 Å². The highest BCUT2D eigenvalue weighted by atomic mass is 35.5. The molecule has 0 amide bonds. The van der Waals surface area contributed by atoms with Crippen LogP contribution in [0.2, 0.25) is 5.02 Å². The average Bonchev–Trinajstić information content (AvgIpc) is 3.49. The Bertz CT molecular complexity index is 1300. The first-order valence-electron chi connectivity index (χ1n) is 10.4. The first kappa shape index (κ1) is 20.7. The third-order valence-electron chi connectivity index (χ3n) is 5.64. The Morgan fingerprint density at radius 1 is 1.09 bits per heavy atom. The minimum atomic E-state index is -0.176. The maximum Gasteiger partial charge on any atom is 0.266 e. The third kappa shape index (κ3) is 3.99. The molecule has 2 aromatic carbocycles. The number of nitrogens with zero attached hydrogens (tertiary/aromatic N) is 1. The lowest BCUT2D eigenvalue weighted by atomic mass is 10.1. The highest BCUT2D eigenvalue weighted by molar-refractivity contribution is 6.30. The van der Waals surface area contributed by atoms with Crippen molar-refractivity contribution in [2.45, 2.75) is 6.42 Å². The molecule has 0 saturated carbocycles. The average molecular weight is 452 g/mol. The van der Waals surface area contributed by atoms with E-state index in [9.17, 15) is 4.79 Å². The van der Waals surface area contributed by atoms with Crippen molar-refractivity contribution >= 4 is 22.6 Å². The molecule has 1 atom stereocenters. The molecule has 0 aliphatic carbocycles. The minimum absolute atomic E-state index is 0.176. The molecule has 32 heavy (non-hydrogen) atoms. The number of aromatic nitrogens is 1. The standard InChI is InChI=1S/C25H22ClNO5/c1-29-24-12-19(6-7-22(24)31-15-16-9-11-30-14-16)27-10-8-21-20(25(27)28)13-23(32-21)17-2-4-18(26)5-3-17/h2-8,10,12-13,16H,9,11,14-15H2,1H3. The van der Waals surface area contributed by atoms with Gasteiger partial charge in [-0.15, -0.1) is 0 Å². The number of benzene rings is 2. The second-order valence-corrected chi connectivity index (χ2v) is 8.20. The number of furan rings is 1. The van der Waals surface area contributed by atoms with Crippen LogP contribution in [0.1, 0.15) is 6.42 Å². The third-order valence-corrected chi connectivity index (χ3v) is 5.89. The van der Waals surface area contributed by atoms with E-state index < -0.39 is 0 Å². The van der Waals surface area contributed by atoms with E-state index in [0.717, 1.165) is 25.2 Å². The van der Waals surface area contributed by atoms with Gasteiger partial charge in [-0.2, -0.15) is 0 Å². The van der Waals surface area contributed by atoms with Gasteiger partial charge in [-0.1, -0.05) is 11.6 Å². The van der Waals surface area contributed by atoms with E-state index in [0.29, 0.717) is 51.5 Å². The molecule has 164 valence electrons. The lowest BCUT2D eigenvalue weighted by Crippen LogP contribution is -2.17. The van der Waals surface area contributed by atoms with Crippen molar-refractivity contribution in [3.63, 3.8) is 0 Å². The number of ether oxygens (including phenoxy) is 3. The summed E-state index contributed by atoms with van der Waals surface area (Å²) in [5.74, 6) is 2.22. The van der Waals surface area contributed by atoms with Crippen LogP contribution in [0.5, 0.6) is 11.5 Å². The van der Waals surface area contributed by atoms with E-state index in [1.54, 1.807) is 48.2 Å². The Balaban J connectivity index is 1.46. The Kier molecular flexibility index (Phi) is 5.64. The summed E-state index contributed by atoms with van der Waals surface area (Å²) < 4.78 is 24.3. The molecule has 1 aliphatic rings. The SMILES string of the molecule is COc1cc(-n2ccc3oc(-c4ccc(Cl)cc4)cc3c2=O)ccc1OCC1CCOC1. The van der Waals surface area contributed by atoms with Crippen LogP contribution in [-0.2, 0) is 4.74 Å². The summed E-state index contributed by atoms with van der Waals surface area (Å²) in [5.41, 5.74) is 1.89. The first-order valence-corrected chi connectivity index (χ1v) is 10.8. The lowest BCUT2D eigenvalue weighted by molar-refractivity contribution is 0.165. The molecule has 0 radical (unpaired) electrons. The largest absolute Gasteiger partial charge is 0.493 e. The highest BCUT2D eigenvalue weighted by Crippen LogP contribution is 2.31. The number of fused-ring (bicyclic) bond motifs is 1. The normalized spacial score (nSPS) is 15.9. The zero-order valence-electron chi connectivity index (χ0n) is 17.5. The molecule has 0 spiro atoms. The Morgan fingerprint density at radius 2 is 1.94 bits per heavy atom. The minimum Gasteiger partial charge on any atom is -0.493 e. The van der Waals surface area contributed by atoms with Crippen LogP contribution in [-0.4, -0.2) is 31.5 Å². The van der Waals surface area contributed by atoms with Gasteiger partial charge in [0.15, 0.2) is 11.5 Å². The molecule has 7 heteroatoms.